The van der Waals surface area contributed by atoms with Crippen LogP contribution in [0.25, 0.3) is 0 Å². The highest BCUT2D eigenvalue weighted by Gasteiger charge is 2.01. The summed E-state index contributed by atoms with van der Waals surface area (Å²) in [5.74, 6) is -1.78. The van der Waals surface area contributed by atoms with Crippen LogP contribution in [0.2, 0.25) is 0 Å². The van der Waals surface area contributed by atoms with E-state index in [0.717, 1.165) is 12.2 Å². The summed E-state index contributed by atoms with van der Waals surface area (Å²) < 4.78 is 0. The summed E-state index contributed by atoms with van der Waals surface area (Å²) in [6.07, 6.45) is 1.75. The van der Waals surface area contributed by atoms with Gasteiger partial charge >= 0.3 is 5.97 Å². The zero-order valence-electron chi connectivity index (χ0n) is 5.11. The van der Waals surface area contributed by atoms with Crippen molar-refractivity contribution in [3.63, 3.8) is 0 Å². The molecule has 0 bridgehead atoms. The fourth-order valence-corrected chi connectivity index (χ4v) is 0.355. The Labute approximate surface area is 57.2 Å². The lowest BCUT2D eigenvalue weighted by Crippen LogP contribution is -2.02. The highest BCUT2D eigenvalue weighted by Crippen LogP contribution is 1.83. The van der Waals surface area contributed by atoms with Gasteiger partial charge in [-0.15, -0.1) is 0 Å². The van der Waals surface area contributed by atoms with Crippen molar-refractivity contribution in [2.24, 2.45) is 0 Å². The average molecular weight is 142 g/mol. The number of hydrogen-bond donors (Lipinski definition) is 1. The fraction of sp³-hybridized carbons (Fsp3) is 0.167. The summed E-state index contributed by atoms with van der Waals surface area (Å²) in [6.45, 7) is 0. The minimum atomic E-state index is -1.19. The molecule has 4 nitrogen and oxygen atoms in total. The predicted octanol–water partition coefficient (Wildman–Crippen LogP) is -0.215. The monoisotopic (exact) mass is 142 g/mol. The summed E-state index contributed by atoms with van der Waals surface area (Å²) in [5.41, 5.74) is 0. The number of carbonyl (C=O) groups is 3. The number of aliphatic carboxylic acids is 1. The molecule has 0 aromatic carbocycles. The lowest BCUT2D eigenvalue weighted by atomic mass is 10.3. The lowest BCUT2D eigenvalue weighted by Gasteiger charge is -1.84. The Morgan fingerprint density at radius 2 is 2.00 bits per heavy atom. The number of carboxylic acid groups (broad SMARTS) is 1. The largest absolute Gasteiger partial charge is 0.481 e. The van der Waals surface area contributed by atoms with Gasteiger partial charge in [0.2, 0.25) is 0 Å². The van der Waals surface area contributed by atoms with Crippen molar-refractivity contribution < 1.29 is 19.5 Å². The zero-order chi connectivity index (χ0) is 7.98. The van der Waals surface area contributed by atoms with Crippen molar-refractivity contribution in [2.75, 3.05) is 0 Å². The van der Waals surface area contributed by atoms with Crippen molar-refractivity contribution in [1.29, 1.82) is 0 Å². The number of hydrogen-bond acceptors (Lipinski definition) is 3. The first-order valence-corrected chi connectivity index (χ1v) is 2.53. The van der Waals surface area contributed by atoms with E-state index in [9.17, 15) is 14.4 Å². The molecule has 0 heterocycles. The molecule has 0 saturated carbocycles. The van der Waals surface area contributed by atoms with Crippen molar-refractivity contribution in [1.82, 2.24) is 0 Å². The molecule has 0 aromatic rings. The third kappa shape index (κ3) is 4.70. The summed E-state index contributed by atoms with van der Waals surface area (Å²) in [7, 11) is 0. The van der Waals surface area contributed by atoms with Gasteiger partial charge in [-0.25, -0.2) is 0 Å². The Bertz CT molecular complexity index is 180. The molecule has 0 saturated heterocycles. The van der Waals surface area contributed by atoms with Crippen LogP contribution in [0.5, 0.6) is 0 Å². The van der Waals surface area contributed by atoms with Crippen LogP contribution >= 0.6 is 0 Å². The molecule has 0 atom stereocenters. The van der Waals surface area contributed by atoms with Gasteiger partial charge in [-0.1, -0.05) is 0 Å². The molecule has 0 aromatic heterocycles. The highest BCUT2D eigenvalue weighted by molar-refractivity contribution is 6.02. The molecule has 0 aliphatic carbocycles. The van der Waals surface area contributed by atoms with Gasteiger partial charge in [0, 0.05) is 0 Å². The lowest BCUT2D eigenvalue weighted by molar-refractivity contribution is -0.139. The SMILES string of the molecule is O=CC=CC(=O)CC(=O)O. The third-order valence-corrected chi connectivity index (χ3v) is 0.686. The quantitative estimate of drug-likeness (QED) is 0.335. The smallest absolute Gasteiger partial charge is 0.311 e. The number of allylic oxidation sites excluding steroid dienone is 2. The van der Waals surface area contributed by atoms with E-state index in [-0.39, 0.29) is 0 Å². The predicted molar refractivity (Wildman–Crippen MR) is 32.5 cm³/mol. The normalized spacial score (nSPS) is 9.60. The molecule has 0 aliphatic rings. The molecule has 0 radical (unpaired) electrons. The first kappa shape index (κ1) is 8.55. The second kappa shape index (κ2) is 4.43. The van der Waals surface area contributed by atoms with Crippen molar-refractivity contribution in [2.45, 2.75) is 6.42 Å². The maximum absolute atomic E-state index is 10.4. The summed E-state index contributed by atoms with van der Waals surface area (Å²) in [4.78, 5) is 29.8. The Hall–Kier alpha value is -1.45. The molecule has 0 rings (SSSR count). The molecule has 4 heteroatoms. The molecular formula is C6H6O4. The number of carboxylic acids is 1. The molecular weight excluding hydrogens is 136 g/mol. The second-order valence-electron chi connectivity index (χ2n) is 1.53. The molecule has 10 heavy (non-hydrogen) atoms. The first-order valence-electron chi connectivity index (χ1n) is 2.53. The van der Waals surface area contributed by atoms with E-state index >= 15 is 0 Å². The van der Waals surface area contributed by atoms with Crippen LogP contribution in [0.15, 0.2) is 12.2 Å². The Morgan fingerprint density at radius 3 is 2.40 bits per heavy atom. The van der Waals surface area contributed by atoms with Gasteiger partial charge in [-0.05, 0) is 12.2 Å². The van der Waals surface area contributed by atoms with Crippen molar-refractivity contribution in [3.8, 4) is 0 Å². The van der Waals surface area contributed by atoms with Gasteiger partial charge in [-0.2, -0.15) is 0 Å². The summed E-state index contributed by atoms with van der Waals surface area (Å²) in [5, 5.41) is 8.04. The molecule has 1 N–H and O–H groups in total. The van der Waals surface area contributed by atoms with Crippen molar-refractivity contribution >= 4 is 18.0 Å². The Morgan fingerprint density at radius 1 is 1.40 bits per heavy atom. The molecule has 0 aliphatic heterocycles. The molecule has 0 fully saturated rings. The van der Waals surface area contributed by atoms with Gasteiger partial charge in [-0.3, -0.25) is 14.4 Å². The average Bonchev–Trinajstić information content (AvgIpc) is 1.82. The van der Waals surface area contributed by atoms with Gasteiger partial charge in [0.05, 0.1) is 0 Å². The maximum Gasteiger partial charge on any atom is 0.311 e. The number of carbonyl (C=O) groups excluding carboxylic acids is 2. The standard InChI is InChI=1S/C6H6O4/c7-3-1-2-5(8)4-6(9)10/h1-3H,4H2,(H,9,10). The maximum atomic E-state index is 10.4. The van der Waals surface area contributed by atoms with Gasteiger partial charge in [0.25, 0.3) is 0 Å². The van der Waals surface area contributed by atoms with Gasteiger partial charge in [0.15, 0.2) is 5.78 Å². The molecule has 0 spiro atoms. The van der Waals surface area contributed by atoms with Crippen molar-refractivity contribution in [3.05, 3.63) is 12.2 Å². The van der Waals surface area contributed by atoms with Crippen LogP contribution < -0.4 is 0 Å². The zero-order valence-corrected chi connectivity index (χ0v) is 5.11. The Balaban J connectivity index is 3.75. The number of rotatable bonds is 4. The van der Waals surface area contributed by atoms with E-state index in [0.29, 0.717) is 6.29 Å². The van der Waals surface area contributed by atoms with Crippen LogP contribution in [0.4, 0.5) is 0 Å². The Kier molecular flexibility index (Phi) is 3.79. The van der Waals surface area contributed by atoms with Crippen LogP contribution in [0, 0.1) is 0 Å². The molecule has 0 unspecified atom stereocenters. The highest BCUT2D eigenvalue weighted by atomic mass is 16.4. The van der Waals surface area contributed by atoms with Gasteiger partial charge in [0.1, 0.15) is 12.7 Å². The van der Waals surface area contributed by atoms with E-state index < -0.39 is 18.2 Å². The van der Waals surface area contributed by atoms with E-state index in [1.165, 1.54) is 0 Å². The third-order valence-electron chi connectivity index (χ3n) is 0.686. The van der Waals surface area contributed by atoms with E-state index in [1.807, 2.05) is 0 Å². The van der Waals surface area contributed by atoms with Crippen LogP contribution in [0.1, 0.15) is 6.42 Å². The van der Waals surface area contributed by atoms with E-state index in [1.54, 1.807) is 0 Å². The van der Waals surface area contributed by atoms with Crippen LogP contribution in [0.3, 0.4) is 0 Å². The first-order chi connectivity index (χ1) is 4.66. The van der Waals surface area contributed by atoms with Crippen LogP contribution in [-0.4, -0.2) is 23.1 Å². The molecule has 0 amide bonds. The number of ketones is 1. The number of aldehydes is 1. The topological polar surface area (TPSA) is 71.4 Å². The fourth-order valence-electron chi connectivity index (χ4n) is 0.355. The van der Waals surface area contributed by atoms with E-state index in [2.05, 4.69) is 0 Å². The summed E-state index contributed by atoms with van der Waals surface area (Å²) in [6, 6.07) is 0. The van der Waals surface area contributed by atoms with Gasteiger partial charge < -0.3 is 5.11 Å². The minimum Gasteiger partial charge on any atom is -0.481 e. The molecule has 54 valence electrons. The van der Waals surface area contributed by atoms with E-state index in [4.69, 9.17) is 5.11 Å². The minimum absolute atomic E-state index is 0.416. The van der Waals surface area contributed by atoms with Crippen LogP contribution in [-0.2, 0) is 14.4 Å². The second-order valence-corrected chi connectivity index (χ2v) is 1.53. The summed E-state index contributed by atoms with van der Waals surface area (Å²) >= 11 is 0.